The molecule has 5 heteroatoms. The molecule has 1 amide bonds. The van der Waals surface area contributed by atoms with Crippen molar-refractivity contribution in [3.8, 4) is 11.5 Å². The molecule has 0 aliphatic rings. The zero-order valence-electron chi connectivity index (χ0n) is 19.0. The lowest BCUT2D eigenvalue weighted by Crippen LogP contribution is -2.30. The first-order valence-corrected chi connectivity index (χ1v) is 11.4. The summed E-state index contributed by atoms with van der Waals surface area (Å²) >= 11 is 6.22. The van der Waals surface area contributed by atoms with Crippen molar-refractivity contribution >= 4 is 17.5 Å². The molecule has 0 aliphatic carbocycles. The van der Waals surface area contributed by atoms with Crippen molar-refractivity contribution < 1.29 is 14.3 Å². The maximum absolute atomic E-state index is 13.7. The molecule has 0 fully saturated rings. The van der Waals surface area contributed by atoms with Gasteiger partial charge >= 0.3 is 0 Å². The maximum atomic E-state index is 13.7. The Morgan fingerprint density at radius 3 is 1.94 bits per heavy atom. The summed E-state index contributed by atoms with van der Waals surface area (Å²) in [5.41, 5.74) is 3.49. The minimum atomic E-state index is -0.0608. The van der Waals surface area contributed by atoms with Gasteiger partial charge in [-0.15, -0.1) is 0 Å². The Hall–Kier alpha value is -3.76. The number of benzene rings is 4. The molecule has 4 nitrogen and oxygen atoms in total. The van der Waals surface area contributed by atoms with E-state index in [1.54, 1.807) is 19.2 Å². The second kappa shape index (κ2) is 11.4. The van der Waals surface area contributed by atoms with Gasteiger partial charge in [-0.05, 0) is 41.5 Å². The number of amides is 1. The van der Waals surface area contributed by atoms with E-state index in [4.69, 9.17) is 21.1 Å². The van der Waals surface area contributed by atoms with Gasteiger partial charge in [0.15, 0.2) is 0 Å². The SMILES string of the molecule is COc1ccc(C(=O)N(Cc2ccccc2)Cc2ccccc2)cc1COc1ccccc1Cl. The van der Waals surface area contributed by atoms with Gasteiger partial charge in [0.05, 0.1) is 12.1 Å². The van der Waals surface area contributed by atoms with E-state index >= 15 is 0 Å². The topological polar surface area (TPSA) is 38.8 Å². The molecule has 0 aliphatic heterocycles. The van der Waals surface area contributed by atoms with Gasteiger partial charge in [-0.3, -0.25) is 4.79 Å². The fourth-order valence-corrected chi connectivity index (χ4v) is 3.92. The molecule has 0 heterocycles. The number of para-hydroxylation sites is 1. The van der Waals surface area contributed by atoms with Gasteiger partial charge in [0.1, 0.15) is 18.1 Å². The van der Waals surface area contributed by atoms with Gasteiger partial charge in [-0.2, -0.15) is 0 Å². The highest BCUT2D eigenvalue weighted by Crippen LogP contribution is 2.27. The number of ether oxygens (including phenoxy) is 2. The van der Waals surface area contributed by atoms with Crippen LogP contribution in [-0.4, -0.2) is 17.9 Å². The molecule has 4 aromatic carbocycles. The van der Waals surface area contributed by atoms with Gasteiger partial charge in [0, 0.05) is 24.2 Å². The summed E-state index contributed by atoms with van der Waals surface area (Å²) in [5.74, 6) is 1.17. The Labute approximate surface area is 205 Å². The van der Waals surface area contributed by atoms with Crippen LogP contribution < -0.4 is 9.47 Å². The highest BCUT2D eigenvalue weighted by Gasteiger charge is 2.19. The second-order valence-corrected chi connectivity index (χ2v) is 8.29. The first-order valence-electron chi connectivity index (χ1n) is 11.1. The van der Waals surface area contributed by atoms with Crippen LogP contribution in [-0.2, 0) is 19.7 Å². The van der Waals surface area contributed by atoms with E-state index in [0.29, 0.717) is 35.2 Å². The Morgan fingerprint density at radius 1 is 0.765 bits per heavy atom. The molecule has 0 radical (unpaired) electrons. The van der Waals surface area contributed by atoms with Crippen molar-refractivity contribution in [2.24, 2.45) is 0 Å². The molecule has 172 valence electrons. The third-order valence-electron chi connectivity index (χ3n) is 5.47. The van der Waals surface area contributed by atoms with Crippen molar-refractivity contribution in [2.45, 2.75) is 19.7 Å². The minimum absolute atomic E-state index is 0.0608. The fraction of sp³-hybridized carbons (Fsp3) is 0.138. The number of nitrogens with zero attached hydrogens (tertiary/aromatic N) is 1. The summed E-state index contributed by atoms with van der Waals surface area (Å²) in [6, 6.07) is 32.7. The standard InChI is InChI=1S/C29H26ClNO3/c1-33-27-17-16-24(18-25(27)21-34-28-15-9-8-14-26(28)30)29(32)31(19-22-10-4-2-5-11-22)20-23-12-6-3-7-13-23/h2-18H,19-21H2,1H3. The van der Waals surface area contributed by atoms with Crippen LogP contribution in [0.4, 0.5) is 0 Å². The predicted octanol–water partition coefficient (Wildman–Crippen LogP) is 6.77. The zero-order chi connectivity index (χ0) is 23.8. The Balaban J connectivity index is 1.59. The van der Waals surface area contributed by atoms with Gasteiger partial charge in [0.25, 0.3) is 5.91 Å². The van der Waals surface area contributed by atoms with Gasteiger partial charge in [0.2, 0.25) is 0 Å². The van der Waals surface area contributed by atoms with Crippen molar-refractivity contribution in [1.29, 1.82) is 0 Å². The monoisotopic (exact) mass is 471 g/mol. The van der Waals surface area contributed by atoms with Crippen LogP contribution in [0.15, 0.2) is 103 Å². The average Bonchev–Trinajstić information content (AvgIpc) is 2.88. The number of carbonyl (C=O) groups is 1. The largest absolute Gasteiger partial charge is 0.496 e. The normalized spacial score (nSPS) is 10.5. The van der Waals surface area contributed by atoms with Crippen molar-refractivity contribution in [2.75, 3.05) is 7.11 Å². The molecule has 0 unspecified atom stereocenters. The van der Waals surface area contributed by atoms with Crippen LogP contribution in [0.1, 0.15) is 27.0 Å². The molecule has 0 atom stereocenters. The summed E-state index contributed by atoms with van der Waals surface area (Å²) in [4.78, 5) is 15.5. The van der Waals surface area contributed by atoms with Crippen LogP contribution in [0.25, 0.3) is 0 Å². The van der Waals surface area contributed by atoms with Crippen LogP contribution >= 0.6 is 11.6 Å². The highest BCUT2D eigenvalue weighted by molar-refractivity contribution is 6.32. The van der Waals surface area contributed by atoms with E-state index in [-0.39, 0.29) is 12.5 Å². The Bertz CT molecular complexity index is 1190. The number of rotatable bonds is 9. The molecular weight excluding hydrogens is 446 g/mol. The number of hydrogen-bond acceptors (Lipinski definition) is 3. The molecule has 0 saturated carbocycles. The molecule has 0 spiro atoms. The summed E-state index contributed by atoms with van der Waals surface area (Å²) in [6.07, 6.45) is 0. The molecule has 0 aromatic heterocycles. The summed E-state index contributed by atoms with van der Waals surface area (Å²) in [6.45, 7) is 1.24. The number of carbonyl (C=O) groups excluding carboxylic acids is 1. The molecule has 4 rings (SSSR count). The first-order chi connectivity index (χ1) is 16.6. The highest BCUT2D eigenvalue weighted by atomic mass is 35.5. The number of hydrogen-bond donors (Lipinski definition) is 0. The van der Waals surface area contributed by atoms with E-state index in [1.807, 2.05) is 95.9 Å². The molecule has 34 heavy (non-hydrogen) atoms. The quantitative estimate of drug-likeness (QED) is 0.270. The number of methoxy groups -OCH3 is 1. The fourth-order valence-electron chi connectivity index (χ4n) is 3.73. The van der Waals surface area contributed by atoms with Crippen LogP contribution in [0.3, 0.4) is 0 Å². The van der Waals surface area contributed by atoms with Gasteiger partial charge in [-0.1, -0.05) is 84.4 Å². The molecule has 0 N–H and O–H groups in total. The van der Waals surface area contributed by atoms with Crippen molar-refractivity contribution in [3.63, 3.8) is 0 Å². The van der Waals surface area contributed by atoms with Gasteiger partial charge < -0.3 is 14.4 Å². The lowest BCUT2D eigenvalue weighted by molar-refractivity contribution is 0.0730. The van der Waals surface area contributed by atoms with E-state index in [9.17, 15) is 4.79 Å². The lowest BCUT2D eigenvalue weighted by Gasteiger charge is -2.24. The smallest absolute Gasteiger partial charge is 0.254 e. The van der Waals surface area contributed by atoms with Crippen LogP contribution in [0.2, 0.25) is 5.02 Å². The average molecular weight is 472 g/mol. The third kappa shape index (κ3) is 5.97. The molecule has 0 saturated heterocycles. The van der Waals surface area contributed by atoms with Gasteiger partial charge in [-0.25, -0.2) is 0 Å². The first kappa shape index (κ1) is 23.4. The Kier molecular flexibility index (Phi) is 7.84. The van der Waals surface area contributed by atoms with E-state index < -0.39 is 0 Å². The van der Waals surface area contributed by atoms with E-state index in [1.165, 1.54) is 0 Å². The van der Waals surface area contributed by atoms with E-state index in [2.05, 4.69) is 0 Å². The third-order valence-corrected chi connectivity index (χ3v) is 5.78. The lowest BCUT2D eigenvalue weighted by atomic mass is 10.1. The van der Waals surface area contributed by atoms with Crippen molar-refractivity contribution in [1.82, 2.24) is 4.90 Å². The summed E-state index contributed by atoms with van der Waals surface area (Å²) in [7, 11) is 1.60. The number of halogens is 1. The second-order valence-electron chi connectivity index (χ2n) is 7.88. The van der Waals surface area contributed by atoms with Crippen molar-refractivity contribution in [3.05, 3.63) is 130 Å². The molecule has 0 bridgehead atoms. The molecular formula is C29H26ClNO3. The van der Waals surface area contributed by atoms with Crippen LogP contribution in [0.5, 0.6) is 11.5 Å². The predicted molar refractivity (Wildman–Crippen MR) is 135 cm³/mol. The summed E-state index contributed by atoms with van der Waals surface area (Å²) < 4.78 is 11.4. The summed E-state index contributed by atoms with van der Waals surface area (Å²) in [5, 5.41) is 0.533. The minimum Gasteiger partial charge on any atom is -0.496 e. The Morgan fingerprint density at radius 2 is 1.35 bits per heavy atom. The zero-order valence-corrected chi connectivity index (χ0v) is 19.7. The van der Waals surface area contributed by atoms with Crippen LogP contribution in [0, 0.1) is 0 Å². The van der Waals surface area contributed by atoms with E-state index in [0.717, 1.165) is 16.7 Å². The maximum Gasteiger partial charge on any atom is 0.254 e. The molecule has 4 aromatic rings.